The molecule has 0 saturated carbocycles. The van der Waals surface area contributed by atoms with Crippen LogP contribution in [-0.2, 0) is 23.5 Å². The summed E-state index contributed by atoms with van der Waals surface area (Å²) >= 11 is 0. The van der Waals surface area contributed by atoms with Gasteiger partial charge in [-0.1, -0.05) is 0 Å². The molecule has 0 unspecified atom stereocenters. The molecule has 2 aromatic rings. The highest BCUT2D eigenvalue weighted by Crippen LogP contribution is 2.39. The van der Waals surface area contributed by atoms with Crippen LogP contribution in [0.25, 0.3) is 0 Å². The fourth-order valence-corrected chi connectivity index (χ4v) is 3.57. The molecule has 10 nitrogen and oxygen atoms in total. The molecule has 3 N–H and O–H groups in total. The largest absolute Gasteiger partial charge is 0.516 e. The molecule has 14 heteroatoms. The third kappa shape index (κ3) is 3.88. The second kappa shape index (κ2) is 7.48. The van der Waals surface area contributed by atoms with E-state index in [0.29, 0.717) is 18.7 Å². The zero-order valence-electron chi connectivity index (χ0n) is 15.9. The van der Waals surface area contributed by atoms with Crippen LogP contribution in [-0.4, -0.2) is 37.1 Å². The maximum Gasteiger partial charge on any atom is 0.516 e. The molecular weight excluding hydrogens is 425 g/mol. The van der Waals surface area contributed by atoms with E-state index in [-0.39, 0.29) is 28.8 Å². The Balaban J connectivity index is 2.10. The quantitative estimate of drug-likeness (QED) is 0.697. The summed E-state index contributed by atoms with van der Waals surface area (Å²) in [5.41, 5.74) is 1.01. The van der Waals surface area contributed by atoms with Crippen molar-refractivity contribution >= 4 is 38.9 Å². The van der Waals surface area contributed by atoms with Crippen molar-refractivity contribution < 1.29 is 21.6 Å². The smallest absolute Gasteiger partial charge is 0.381 e. The topological polar surface area (TPSA) is 142 Å². The summed E-state index contributed by atoms with van der Waals surface area (Å²) in [6.07, 6.45) is 1.46. The van der Waals surface area contributed by atoms with Crippen LogP contribution in [0, 0.1) is 11.3 Å². The zero-order valence-corrected chi connectivity index (χ0v) is 16.7. The van der Waals surface area contributed by atoms with Gasteiger partial charge in [-0.2, -0.15) is 31.8 Å². The van der Waals surface area contributed by atoms with Crippen molar-refractivity contribution in [3.8, 4) is 6.07 Å². The standard InChI is InChI=1S/C16H17F3N8O2S/c1-26-5-3-4-9-6-10(23-24-15-22-14(21)13(8-20)27(15)2)11(7-12(9)26)25-30(28,29)16(17,18)19/h6-7,25H,3-5,21H2,1-2H3. The van der Waals surface area contributed by atoms with E-state index in [0.717, 1.165) is 12.0 Å². The molecule has 1 aromatic carbocycles. The molecule has 0 spiro atoms. The summed E-state index contributed by atoms with van der Waals surface area (Å²) in [6.45, 7) is 0.669. The Bertz CT molecular complexity index is 1160. The Morgan fingerprint density at radius 2 is 2.00 bits per heavy atom. The highest BCUT2D eigenvalue weighted by Gasteiger charge is 2.46. The van der Waals surface area contributed by atoms with Crippen LogP contribution < -0.4 is 15.4 Å². The molecule has 0 amide bonds. The van der Waals surface area contributed by atoms with Crippen LogP contribution in [0.5, 0.6) is 0 Å². The highest BCUT2D eigenvalue weighted by molar-refractivity contribution is 7.93. The molecule has 3 rings (SSSR count). The number of anilines is 3. The van der Waals surface area contributed by atoms with Gasteiger partial charge >= 0.3 is 15.5 Å². The number of hydrogen-bond donors (Lipinski definition) is 2. The number of aryl methyl sites for hydroxylation is 1. The lowest BCUT2D eigenvalue weighted by Crippen LogP contribution is -2.30. The number of nitrogens with two attached hydrogens (primary N) is 1. The molecule has 160 valence electrons. The Hall–Kier alpha value is -3.34. The Morgan fingerprint density at radius 1 is 1.30 bits per heavy atom. The third-order valence-electron chi connectivity index (χ3n) is 4.55. The highest BCUT2D eigenvalue weighted by atomic mass is 32.2. The number of halogens is 3. The average molecular weight is 442 g/mol. The van der Waals surface area contributed by atoms with E-state index in [1.54, 1.807) is 7.05 Å². The van der Waals surface area contributed by atoms with Crippen LogP contribution in [0.15, 0.2) is 22.4 Å². The van der Waals surface area contributed by atoms with Crippen molar-refractivity contribution in [2.24, 2.45) is 17.3 Å². The van der Waals surface area contributed by atoms with Gasteiger partial charge in [-0.05, 0) is 30.5 Å². The Morgan fingerprint density at radius 3 is 2.60 bits per heavy atom. The number of nitrogen functional groups attached to an aromatic ring is 1. The number of aromatic nitrogens is 2. The Kier molecular flexibility index (Phi) is 5.33. The Labute approximate surface area is 169 Å². The van der Waals surface area contributed by atoms with Crippen LogP contribution in [0.1, 0.15) is 17.7 Å². The van der Waals surface area contributed by atoms with E-state index in [1.165, 1.54) is 28.5 Å². The minimum atomic E-state index is -5.67. The number of nitrogens with one attached hydrogen (secondary N) is 1. The van der Waals surface area contributed by atoms with Crippen molar-refractivity contribution in [2.45, 2.75) is 18.3 Å². The van der Waals surface area contributed by atoms with E-state index in [4.69, 9.17) is 11.0 Å². The SMILES string of the molecule is CN1CCCc2cc(N=Nc3nc(N)c(C#N)n3C)c(NS(=O)(=O)C(F)(F)F)cc21. The number of benzene rings is 1. The lowest BCUT2D eigenvalue weighted by atomic mass is 10.0. The zero-order chi connectivity index (χ0) is 22.3. The first kappa shape index (κ1) is 21.4. The van der Waals surface area contributed by atoms with Gasteiger partial charge in [0.25, 0.3) is 5.95 Å². The normalized spacial score (nSPS) is 14.6. The number of nitriles is 1. The predicted molar refractivity (Wildman–Crippen MR) is 103 cm³/mol. The van der Waals surface area contributed by atoms with Crippen LogP contribution in [0.4, 0.5) is 42.0 Å². The third-order valence-corrected chi connectivity index (χ3v) is 5.65. The van der Waals surface area contributed by atoms with Gasteiger partial charge in [0, 0.05) is 26.3 Å². The van der Waals surface area contributed by atoms with E-state index in [9.17, 15) is 21.6 Å². The molecule has 1 aromatic heterocycles. The van der Waals surface area contributed by atoms with E-state index < -0.39 is 15.5 Å². The van der Waals surface area contributed by atoms with E-state index in [1.807, 2.05) is 11.0 Å². The first-order valence-corrected chi connectivity index (χ1v) is 10.0. The summed E-state index contributed by atoms with van der Waals surface area (Å²) in [5.74, 6) is -0.150. The second-order valence-electron chi connectivity index (χ2n) is 6.59. The van der Waals surface area contributed by atoms with Gasteiger partial charge in [0.1, 0.15) is 11.8 Å². The molecule has 0 aliphatic carbocycles. The summed E-state index contributed by atoms with van der Waals surface area (Å²) in [7, 11) is -2.45. The van der Waals surface area contributed by atoms with Gasteiger partial charge < -0.3 is 15.2 Å². The number of sulfonamides is 1. The molecule has 0 bridgehead atoms. The van der Waals surface area contributed by atoms with E-state index in [2.05, 4.69) is 15.2 Å². The first-order valence-electron chi connectivity index (χ1n) is 8.55. The van der Waals surface area contributed by atoms with Gasteiger partial charge in [0.2, 0.25) is 0 Å². The summed E-state index contributed by atoms with van der Waals surface area (Å²) in [5, 5.41) is 16.8. The molecule has 2 heterocycles. The number of fused-ring (bicyclic) bond motifs is 1. The van der Waals surface area contributed by atoms with Gasteiger partial charge in [-0.15, -0.1) is 10.2 Å². The van der Waals surface area contributed by atoms with Crippen LogP contribution >= 0.6 is 0 Å². The maximum atomic E-state index is 12.9. The monoisotopic (exact) mass is 442 g/mol. The summed E-state index contributed by atoms with van der Waals surface area (Å²) in [4.78, 5) is 5.68. The molecule has 1 aliphatic rings. The van der Waals surface area contributed by atoms with Crippen molar-refractivity contribution in [1.82, 2.24) is 9.55 Å². The molecule has 0 atom stereocenters. The van der Waals surface area contributed by atoms with E-state index >= 15 is 0 Å². The van der Waals surface area contributed by atoms with Crippen molar-refractivity contribution in [3.63, 3.8) is 0 Å². The minimum absolute atomic E-state index is 0.0361. The fraction of sp³-hybridized carbons (Fsp3) is 0.375. The lowest BCUT2D eigenvalue weighted by molar-refractivity contribution is -0.0429. The predicted octanol–water partition coefficient (Wildman–Crippen LogP) is 2.93. The van der Waals surface area contributed by atoms with Gasteiger partial charge in [-0.25, -0.2) is 0 Å². The number of nitrogens with zero attached hydrogens (tertiary/aromatic N) is 6. The van der Waals surface area contributed by atoms with Gasteiger partial charge in [0.05, 0.1) is 5.69 Å². The van der Waals surface area contributed by atoms with Crippen molar-refractivity contribution in [1.29, 1.82) is 5.26 Å². The minimum Gasteiger partial charge on any atom is -0.381 e. The lowest BCUT2D eigenvalue weighted by Gasteiger charge is -2.28. The fourth-order valence-electron chi connectivity index (χ4n) is 3.00. The van der Waals surface area contributed by atoms with Gasteiger partial charge in [0.15, 0.2) is 11.5 Å². The summed E-state index contributed by atoms with van der Waals surface area (Å²) < 4.78 is 64.7. The average Bonchev–Trinajstić information content (AvgIpc) is 2.92. The summed E-state index contributed by atoms with van der Waals surface area (Å²) in [6, 6.07) is 4.60. The molecule has 30 heavy (non-hydrogen) atoms. The van der Waals surface area contributed by atoms with Crippen LogP contribution in [0.2, 0.25) is 0 Å². The molecule has 0 saturated heterocycles. The second-order valence-corrected chi connectivity index (χ2v) is 8.26. The van der Waals surface area contributed by atoms with Gasteiger partial charge in [-0.3, -0.25) is 4.72 Å². The first-order chi connectivity index (χ1) is 13.9. The maximum absolute atomic E-state index is 12.9. The molecule has 0 radical (unpaired) electrons. The molecule has 0 fully saturated rings. The molecule has 1 aliphatic heterocycles. The van der Waals surface area contributed by atoms with Crippen molar-refractivity contribution in [3.05, 3.63) is 23.4 Å². The number of rotatable bonds is 4. The number of imidazole rings is 1. The van der Waals surface area contributed by atoms with Crippen LogP contribution in [0.3, 0.4) is 0 Å². The number of alkyl halides is 3. The number of hydrogen-bond acceptors (Lipinski definition) is 8. The molecular formula is C16H17F3N8O2S. The number of azo groups is 1. The van der Waals surface area contributed by atoms with Crippen molar-refractivity contribution in [2.75, 3.05) is 28.9 Å².